The van der Waals surface area contributed by atoms with Crippen molar-refractivity contribution in [3.05, 3.63) is 29.3 Å². The maximum Gasteiger partial charge on any atom is 0.412 e. The van der Waals surface area contributed by atoms with Crippen LogP contribution in [0, 0.1) is 5.92 Å². The van der Waals surface area contributed by atoms with Crippen molar-refractivity contribution < 1.29 is 9.53 Å². The van der Waals surface area contributed by atoms with Crippen LogP contribution in [0.3, 0.4) is 0 Å². The molecule has 0 heterocycles. The van der Waals surface area contributed by atoms with Gasteiger partial charge in [0.05, 0.1) is 0 Å². The van der Waals surface area contributed by atoms with Gasteiger partial charge in [0.15, 0.2) is 0 Å². The third-order valence-corrected chi connectivity index (χ3v) is 5.61. The molecule has 1 aromatic rings. The summed E-state index contributed by atoms with van der Waals surface area (Å²) in [4.78, 5) is 11.5. The van der Waals surface area contributed by atoms with Crippen LogP contribution in [0.25, 0.3) is 0 Å². The highest BCUT2D eigenvalue weighted by molar-refractivity contribution is 5.70. The van der Waals surface area contributed by atoms with E-state index in [9.17, 15) is 4.79 Å². The molecule has 3 atom stereocenters. The quantitative estimate of drug-likeness (QED) is 0.837. The molecular formula is C18H26N2O2. The van der Waals surface area contributed by atoms with E-state index in [4.69, 9.17) is 10.5 Å². The van der Waals surface area contributed by atoms with Gasteiger partial charge >= 0.3 is 6.09 Å². The van der Waals surface area contributed by atoms with Crippen LogP contribution >= 0.6 is 0 Å². The van der Waals surface area contributed by atoms with Crippen molar-refractivity contribution in [1.29, 1.82) is 0 Å². The van der Waals surface area contributed by atoms with Crippen molar-refractivity contribution in [2.24, 2.45) is 11.7 Å². The molecule has 1 fully saturated rings. The first-order valence-corrected chi connectivity index (χ1v) is 8.33. The molecule has 2 aliphatic rings. The smallest absolute Gasteiger partial charge is 0.410 e. The lowest BCUT2D eigenvalue weighted by Gasteiger charge is -2.47. The largest absolute Gasteiger partial charge is 0.412 e. The van der Waals surface area contributed by atoms with Gasteiger partial charge in [-0.25, -0.2) is 4.79 Å². The van der Waals surface area contributed by atoms with Gasteiger partial charge in [-0.3, -0.25) is 0 Å². The minimum absolute atomic E-state index is 0.0132. The van der Waals surface area contributed by atoms with Gasteiger partial charge < -0.3 is 15.8 Å². The number of carbonyl (C=O) groups excluding carboxylic acids is 1. The van der Waals surface area contributed by atoms with E-state index in [1.807, 2.05) is 12.1 Å². The predicted octanol–water partition coefficient (Wildman–Crippen LogP) is 3.13. The fraction of sp³-hybridized carbons (Fsp3) is 0.611. The van der Waals surface area contributed by atoms with Crippen LogP contribution in [0.1, 0.15) is 50.2 Å². The first-order valence-electron chi connectivity index (χ1n) is 8.33. The number of fused-ring (bicyclic) bond motifs is 4. The summed E-state index contributed by atoms with van der Waals surface area (Å²) in [5.41, 5.74) is 9.30. The molecule has 4 heteroatoms. The second-order valence-corrected chi connectivity index (χ2v) is 6.97. The fourth-order valence-electron chi connectivity index (χ4n) is 4.25. The van der Waals surface area contributed by atoms with Crippen molar-refractivity contribution in [2.45, 2.75) is 56.9 Å². The number of rotatable bonds is 1. The Hall–Kier alpha value is -1.55. The summed E-state index contributed by atoms with van der Waals surface area (Å²) in [6.45, 7) is 2.29. The molecule has 2 aliphatic carbocycles. The SMILES string of the molecule is CNC(=O)Oc1ccc2c(c1)[C@@]1(C)CCCCC[C@@H](C2)[C@@H]1N. The zero-order valence-corrected chi connectivity index (χ0v) is 13.5. The summed E-state index contributed by atoms with van der Waals surface area (Å²) in [7, 11) is 1.57. The number of hydrogen-bond donors (Lipinski definition) is 2. The Bertz CT molecular complexity index is 572. The van der Waals surface area contributed by atoms with Crippen LogP contribution in [0.4, 0.5) is 4.79 Å². The Morgan fingerprint density at radius 2 is 2.18 bits per heavy atom. The maximum absolute atomic E-state index is 11.5. The Morgan fingerprint density at radius 1 is 1.36 bits per heavy atom. The van der Waals surface area contributed by atoms with Gasteiger partial charge in [0, 0.05) is 18.5 Å². The average molecular weight is 302 g/mol. The molecule has 1 amide bonds. The minimum Gasteiger partial charge on any atom is -0.410 e. The third kappa shape index (κ3) is 2.60. The first kappa shape index (κ1) is 15.3. The number of ether oxygens (including phenoxy) is 1. The predicted molar refractivity (Wildman–Crippen MR) is 87.1 cm³/mol. The van der Waals surface area contributed by atoms with Crippen LogP contribution in [-0.2, 0) is 11.8 Å². The zero-order valence-electron chi connectivity index (χ0n) is 13.5. The second kappa shape index (κ2) is 5.92. The van der Waals surface area contributed by atoms with E-state index in [1.165, 1.54) is 36.8 Å². The zero-order chi connectivity index (χ0) is 15.7. The lowest BCUT2D eigenvalue weighted by Crippen LogP contribution is -2.52. The van der Waals surface area contributed by atoms with E-state index < -0.39 is 6.09 Å². The molecule has 3 rings (SSSR count). The van der Waals surface area contributed by atoms with Crippen LogP contribution in [0.2, 0.25) is 0 Å². The van der Waals surface area contributed by atoms with Crippen molar-refractivity contribution in [3.63, 3.8) is 0 Å². The molecule has 2 bridgehead atoms. The third-order valence-electron chi connectivity index (χ3n) is 5.61. The topological polar surface area (TPSA) is 64.3 Å². The van der Waals surface area contributed by atoms with E-state index >= 15 is 0 Å². The molecule has 0 saturated heterocycles. The molecule has 0 radical (unpaired) electrons. The number of amides is 1. The number of nitrogens with two attached hydrogens (primary N) is 1. The van der Waals surface area contributed by atoms with Gasteiger partial charge in [0.1, 0.15) is 5.75 Å². The van der Waals surface area contributed by atoms with Crippen LogP contribution in [0.5, 0.6) is 5.75 Å². The number of benzene rings is 1. The maximum atomic E-state index is 11.5. The summed E-state index contributed by atoms with van der Waals surface area (Å²) >= 11 is 0. The monoisotopic (exact) mass is 302 g/mol. The van der Waals surface area contributed by atoms with Gasteiger partial charge in [-0.2, -0.15) is 0 Å². The fourth-order valence-corrected chi connectivity index (χ4v) is 4.25. The minimum atomic E-state index is -0.430. The molecule has 0 aliphatic heterocycles. The second-order valence-electron chi connectivity index (χ2n) is 6.97. The highest BCUT2D eigenvalue weighted by Gasteiger charge is 2.43. The molecule has 0 spiro atoms. The molecule has 1 saturated carbocycles. The Morgan fingerprint density at radius 3 is 2.95 bits per heavy atom. The summed E-state index contributed by atoms with van der Waals surface area (Å²) in [5, 5.41) is 2.49. The average Bonchev–Trinajstić information content (AvgIpc) is 2.52. The molecule has 120 valence electrons. The number of nitrogens with one attached hydrogen (secondary N) is 1. The van der Waals surface area contributed by atoms with E-state index in [0.717, 1.165) is 12.8 Å². The van der Waals surface area contributed by atoms with E-state index in [-0.39, 0.29) is 11.5 Å². The Balaban J connectivity index is 1.99. The summed E-state index contributed by atoms with van der Waals surface area (Å²) in [5.74, 6) is 1.18. The highest BCUT2D eigenvalue weighted by Crippen LogP contribution is 2.46. The molecule has 22 heavy (non-hydrogen) atoms. The molecule has 0 unspecified atom stereocenters. The van der Waals surface area contributed by atoms with Gasteiger partial charge in [0.2, 0.25) is 0 Å². The van der Waals surface area contributed by atoms with Crippen molar-refractivity contribution in [2.75, 3.05) is 7.05 Å². The highest BCUT2D eigenvalue weighted by atomic mass is 16.5. The lowest BCUT2D eigenvalue weighted by atomic mass is 9.60. The van der Waals surface area contributed by atoms with Gasteiger partial charge in [-0.1, -0.05) is 32.3 Å². The number of hydrogen-bond acceptors (Lipinski definition) is 3. The van der Waals surface area contributed by atoms with Gasteiger partial charge in [-0.15, -0.1) is 0 Å². The van der Waals surface area contributed by atoms with Crippen LogP contribution in [-0.4, -0.2) is 19.2 Å². The summed E-state index contributed by atoms with van der Waals surface area (Å²) in [6.07, 6.45) is 6.77. The normalized spacial score (nSPS) is 30.7. The standard InChI is InChI=1S/C18H26N2O2/c1-18-9-5-3-4-6-13(16(18)19)10-12-7-8-14(11-15(12)18)22-17(21)20-2/h7-8,11,13,16H,3-6,9-10,19H2,1-2H3,(H,20,21)/t13-,16-,18+/m0/s1. The molecule has 4 nitrogen and oxygen atoms in total. The Labute approximate surface area is 132 Å². The van der Waals surface area contributed by atoms with Gasteiger partial charge in [-0.05, 0) is 48.4 Å². The lowest BCUT2D eigenvalue weighted by molar-refractivity contribution is 0.197. The summed E-state index contributed by atoms with van der Waals surface area (Å²) < 4.78 is 5.31. The van der Waals surface area contributed by atoms with E-state index in [1.54, 1.807) is 7.05 Å². The molecular weight excluding hydrogens is 276 g/mol. The van der Waals surface area contributed by atoms with Crippen LogP contribution < -0.4 is 15.8 Å². The summed E-state index contributed by atoms with van der Waals surface area (Å²) in [6, 6.07) is 6.23. The van der Waals surface area contributed by atoms with Gasteiger partial charge in [0.25, 0.3) is 0 Å². The molecule has 0 aromatic heterocycles. The van der Waals surface area contributed by atoms with Crippen molar-refractivity contribution in [3.8, 4) is 5.75 Å². The number of carbonyl (C=O) groups is 1. The van der Waals surface area contributed by atoms with Crippen molar-refractivity contribution in [1.82, 2.24) is 5.32 Å². The first-order chi connectivity index (χ1) is 10.5. The van der Waals surface area contributed by atoms with E-state index in [0.29, 0.717) is 11.7 Å². The molecule has 3 N–H and O–H groups in total. The Kier molecular flexibility index (Phi) is 4.13. The van der Waals surface area contributed by atoms with Crippen LogP contribution in [0.15, 0.2) is 18.2 Å². The van der Waals surface area contributed by atoms with Crippen molar-refractivity contribution >= 4 is 6.09 Å². The molecule has 1 aromatic carbocycles. The van der Waals surface area contributed by atoms with E-state index in [2.05, 4.69) is 18.3 Å².